The number of nitrogens with zero attached hydrogens (tertiary/aromatic N) is 1. The van der Waals surface area contributed by atoms with Gasteiger partial charge in [0.2, 0.25) is 0 Å². The van der Waals surface area contributed by atoms with E-state index in [-0.39, 0.29) is 11.1 Å². The van der Waals surface area contributed by atoms with Crippen LogP contribution in [0.2, 0.25) is 0 Å². The normalized spacial score (nSPS) is 15.8. The zero-order valence-electron chi connectivity index (χ0n) is 11.9. The average molecular weight is 296 g/mol. The first-order valence-corrected chi connectivity index (χ1v) is 6.72. The molecule has 0 spiro atoms. The van der Waals surface area contributed by atoms with Crippen LogP contribution >= 0.6 is 0 Å². The van der Waals surface area contributed by atoms with Crippen LogP contribution in [0.15, 0.2) is 12.1 Å². The van der Waals surface area contributed by atoms with Crippen LogP contribution in [0.5, 0.6) is 0 Å². The molecule has 0 amide bonds. The van der Waals surface area contributed by atoms with Gasteiger partial charge in [-0.05, 0) is 30.2 Å². The standard InChI is InChI=1S/C14H17FN2O4/c1-8(2)14(3-4-14)7-16-11-5-9(13(18)19)10(15)6-12(11)17(20)21/h5-6,8,16H,3-4,7H2,1-2H3,(H,18,19). The van der Waals surface area contributed by atoms with Crippen molar-refractivity contribution in [2.24, 2.45) is 11.3 Å². The molecule has 7 heteroatoms. The van der Waals surface area contributed by atoms with Gasteiger partial charge < -0.3 is 10.4 Å². The van der Waals surface area contributed by atoms with Gasteiger partial charge in [-0.3, -0.25) is 10.1 Å². The van der Waals surface area contributed by atoms with E-state index >= 15 is 0 Å². The molecule has 0 aliphatic heterocycles. The van der Waals surface area contributed by atoms with E-state index in [1.165, 1.54) is 0 Å². The Hall–Kier alpha value is -2.18. The molecule has 0 aromatic heterocycles. The molecular weight excluding hydrogens is 279 g/mol. The lowest BCUT2D eigenvalue weighted by Crippen LogP contribution is -2.21. The summed E-state index contributed by atoms with van der Waals surface area (Å²) in [7, 11) is 0. The highest BCUT2D eigenvalue weighted by atomic mass is 19.1. The third-order valence-corrected chi connectivity index (χ3v) is 4.26. The van der Waals surface area contributed by atoms with Crippen LogP contribution in [0.4, 0.5) is 15.8 Å². The lowest BCUT2D eigenvalue weighted by Gasteiger charge is -2.20. The molecule has 2 N–H and O–H groups in total. The van der Waals surface area contributed by atoms with Gasteiger partial charge in [-0.2, -0.15) is 0 Å². The van der Waals surface area contributed by atoms with Crippen LogP contribution in [-0.2, 0) is 0 Å². The summed E-state index contributed by atoms with van der Waals surface area (Å²) < 4.78 is 13.5. The van der Waals surface area contributed by atoms with Gasteiger partial charge in [0.05, 0.1) is 16.6 Å². The number of aromatic carboxylic acids is 1. The van der Waals surface area contributed by atoms with E-state index < -0.39 is 28.0 Å². The maximum Gasteiger partial charge on any atom is 0.338 e. The smallest absolute Gasteiger partial charge is 0.338 e. The van der Waals surface area contributed by atoms with Crippen molar-refractivity contribution in [3.63, 3.8) is 0 Å². The molecule has 1 saturated carbocycles. The minimum atomic E-state index is -1.45. The Labute approximate surface area is 121 Å². The Morgan fingerprint density at radius 1 is 1.52 bits per heavy atom. The number of halogens is 1. The second kappa shape index (κ2) is 5.31. The third kappa shape index (κ3) is 2.96. The highest BCUT2D eigenvalue weighted by molar-refractivity contribution is 5.90. The van der Waals surface area contributed by atoms with Crippen molar-refractivity contribution in [3.05, 3.63) is 33.6 Å². The Bertz CT molecular complexity index is 597. The van der Waals surface area contributed by atoms with Crippen molar-refractivity contribution < 1.29 is 19.2 Å². The fourth-order valence-corrected chi connectivity index (χ4v) is 2.41. The molecule has 0 unspecified atom stereocenters. The fraction of sp³-hybridized carbons (Fsp3) is 0.500. The molecule has 1 aromatic carbocycles. The van der Waals surface area contributed by atoms with Crippen molar-refractivity contribution in [1.82, 2.24) is 0 Å². The van der Waals surface area contributed by atoms with Crippen LogP contribution in [-0.4, -0.2) is 22.5 Å². The first-order chi connectivity index (χ1) is 9.77. The predicted molar refractivity (Wildman–Crippen MR) is 75.0 cm³/mol. The zero-order valence-corrected chi connectivity index (χ0v) is 11.9. The first-order valence-electron chi connectivity index (χ1n) is 6.72. The lowest BCUT2D eigenvalue weighted by molar-refractivity contribution is -0.384. The molecule has 1 aromatic rings. The minimum absolute atomic E-state index is 0.0470. The molecule has 114 valence electrons. The van der Waals surface area contributed by atoms with Crippen molar-refractivity contribution in [1.29, 1.82) is 0 Å². The van der Waals surface area contributed by atoms with Gasteiger partial charge in [0, 0.05) is 6.54 Å². The molecule has 2 rings (SSSR count). The van der Waals surface area contributed by atoms with Gasteiger partial charge in [-0.15, -0.1) is 0 Å². The summed E-state index contributed by atoms with van der Waals surface area (Å²) in [6.07, 6.45) is 2.05. The monoisotopic (exact) mass is 296 g/mol. The summed E-state index contributed by atoms with van der Waals surface area (Å²) in [6.45, 7) is 4.67. The molecule has 21 heavy (non-hydrogen) atoms. The molecule has 0 heterocycles. The number of carboxylic acids is 1. The number of carbonyl (C=O) groups is 1. The lowest BCUT2D eigenvalue weighted by atomic mass is 9.92. The summed E-state index contributed by atoms with van der Waals surface area (Å²) in [5.74, 6) is -2.14. The maximum atomic E-state index is 13.5. The van der Waals surface area contributed by atoms with Crippen molar-refractivity contribution >= 4 is 17.3 Å². The molecule has 0 radical (unpaired) electrons. The summed E-state index contributed by atoms with van der Waals surface area (Å²) in [4.78, 5) is 21.2. The van der Waals surface area contributed by atoms with Crippen molar-refractivity contribution in [2.75, 3.05) is 11.9 Å². The number of carboxylic acid groups (broad SMARTS) is 1. The zero-order chi connectivity index (χ0) is 15.8. The molecule has 0 saturated heterocycles. The molecule has 6 nitrogen and oxygen atoms in total. The SMILES string of the molecule is CC(C)C1(CNc2cc(C(=O)O)c(F)cc2[N+](=O)[O-])CC1. The topological polar surface area (TPSA) is 92.5 Å². The third-order valence-electron chi connectivity index (χ3n) is 4.26. The predicted octanol–water partition coefficient (Wildman–Crippen LogP) is 3.28. The highest BCUT2D eigenvalue weighted by Gasteiger charge is 2.45. The number of rotatable bonds is 6. The van der Waals surface area contributed by atoms with Gasteiger partial charge >= 0.3 is 5.97 Å². The molecule has 1 aliphatic carbocycles. The van der Waals surface area contributed by atoms with Crippen LogP contribution in [0.3, 0.4) is 0 Å². The fourth-order valence-electron chi connectivity index (χ4n) is 2.41. The molecule has 0 bridgehead atoms. The largest absolute Gasteiger partial charge is 0.478 e. The van der Waals surface area contributed by atoms with Crippen LogP contribution in [0.1, 0.15) is 37.0 Å². The average Bonchev–Trinajstić information content (AvgIpc) is 3.17. The van der Waals surface area contributed by atoms with E-state index in [1.807, 2.05) is 0 Å². The van der Waals surface area contributed by atoms with Gasteiger partial charge in [0.1, 0.15) is 11.5 Å². The van der Waals surface area contributed by atoms with Gasteiger partial charge in [0.15, 0.2) is 0 Å². The van der Waals surface area contributed by atoms with Crippen LogP contribution < -0.4 is 5.32 Å². The molecule has 0 atom stereocenters. The van der Waals surface area contributed by atoms with E-state index in [1.54, 1.807) is 0 Å². The second-order valence-electron chi connectivity index (χ2n) is 5.78. The number of hydrogen-bond acceptors (Lipinski definition) is 4. The summed E-state index contributed by atoms with van der Waals surface area (Å²) >= 11 is 0. The number of nitro benzene ring substituents is 1. The number of anilines is 1. The van der Waals surface area contributed by atoms with E-state index in [0.29, 0.717) is 18.5 Å². The Balaban J connectivity index is 2.30. The van der Waals surface area contributed by atoms with E-state index in [4.69, 9.17) is 5.11 Å². The van der Waals surface area contributed by atoms with E-state index in [2.05, 4.69) is 19.2 Å². The van der Waals surface area contributed by atoms with Crippen molar-refractivity contribution in [3.8, 4) is 0 Å². The van der Waals surface area contributed by atoms with E-state index in [9.17, 15) is 19.3 Å². The van der Waals surface area contributed by atoms with E-state index in [0.717, 1.165) is 18.9 Å². The van der Waals surface area contributed by atoms with Gasteiger partial charge in [-0.25, -0.2) is 9.18 Å². The quantitative estimate of drug-likeness (QED) is 0.620. The number of hydrogen-bond donors (Lipinski definition) is 2. The van der Waals surface area contributed by atoms with Gasteiger partial charge in [-0.1, -0.05) is 13.8 Å². The number of nitrogens with one attached hydrogen (secondary N) is 1. The summed E-state index contributed by atoms with van der Waals surface area (Å²) in [5.41, 5.74) is -0.883. The number of benzene rings is 1. The minimum Gasteiger partial charge on any atom is -0.478 e. The molecule has 1 fully saturated rings. The van der Waals surface area contributed by atoms with Crippen LogP contribution in [0.25, 0.3) is 0 Å². The number of nitro groups is 1. The van der Waals surface area contributed by atoms with Crippen molar-refractivity contribution in [2.45, 2.75) is 26.7 Å². The Morgan fingerprint density at radius 3 is 2.57 bits per heavy atom. The maximum absolute atomic E-state index is 13.5. The first kappa shape index (κ1) is 15.2. The highest BCUT2D eigenvalue weighted by Crippen LogP contribution is 2.52. The molecule has 1 aliphatic rings. The summed E-state index contributed by atoms with van der Waals surface area (Å²) in [6, 6.07) is 1.65. The summed E-state index contributed by atoms with van der Waals surface area (Å²) in [5, 5.41) is 22.8. The van der Waals surface area contributed by atoms with Gasteiger partial charge in [0.25, 0.3) is 5.69 Å². The molecular formula is C14H17FN2O4. The Kier molecular flexibility index (Phi) is 3.85. The van der Waals surface area contributed by atoms with Crippen LogP contribution in [0, 0.1) is 27.3 Å². The Morgan fingerprint density at radius 2 is 2.14 bits per heavy atom. The second-order valence-corrected chi connectivity index (χ2v) is 5.78.